The zero-order valence-electron chi connectivity index (χ0n) is 55.2. The summed E-state index contributed by atoms with van der Waals surface area (Å²) in [6, 6.07) is 133. The fourth-order valence-corrected chi connectivity index (χ4v) is 18.7. The molecular weight excluding hydrogens is 1270 g/mol. The second kappa shape index (κ2) is 23.4. The van der Waals surface area contributed by atoms with E-state index >= 15 is 0 Å². The first-order valence-corrected chi connectivity index (χ1v) is 36.5. The van der Waals surface area contributed by atoms with E-state index in [9.17, 15) is 0 Å². The summed E-state index contributed by atoms with van der Waals surface area (Å²) in [5.74, 6) is 0. The Morgan fingerprint density at radius 2 is 0.451 bits per heavy atom. The molecule has 0 atom stereocenters. The van der Waals surface area contributed by atoms with E-state index in [0.29, 0.717) is 0 Å². The molecule has 22 rings (SSSR count). The maximum atomic E-state index is 2.43. The molecular formula is C96H60N4S2. The maximum Gasteiger partial charge on any atom is 0.0541 e. The predicted molar refractivity (Wildman–Crippen MR) is 438 cm³/mol. The highest BCUT2D eigenvalue weighted by Gasteiger charge is 2.21. The molecule has 22 aromatic rings. The van der Waals surface area contributed by atoms with Crippen LogP contribution in [-0.4, -0.2) is 18.3 Å². The first-order valence-electron chi connectivity index (χ1n) is 34.9. The van der Waals surface area contributed by atoms with Crippen molar-refractivity contribution in [1.29, 1.82) is 0 Å². The van der Waals surface area contributed by atoms with E-state index in [0.717, 1.165) is 5.69 Å². The number of benzene rings is 16. The zero-order chi connectivity index (χ0) is 66.9. The van der Waals surface area contributed by atoms with Gasteiger partial charge in [0.15, 0.2) is 0 Å². The standard InChI is InChI=1S/2C48H30N2S/c1-2-12-31(13-3-1)35-14-4-8-18-42(35)50-44-20-10-6-16-37(44)41-29-33(23-27-46(41)50)32-22-26-45-40(28-32)36-15-5-9-19-43(36)49(45)34-24-25-39-38-17-7-11-21-47(38)51-48(39)30-34;1-2-10-31(11-3-1)32-18-22-35(23-19-32)49-43-15-7-4-12-37(43)41-28-33(20-26-45(41)49)34-21-27-46-42(29-34)38-13-5-8-16-44(38)50(46)36-24-25-40-39-14-6-9-17-47(39)51-48(40)30-36/h2*1-30H. The van der Waals surface area contributed by atoms with E-state index in [4.69, 9.17) is 0 Å². The average molecular weight is 1330 g/mol. The molecule has 0 saturated heterocycles. The van der Waals surface area contributed by atoms with E-state index in [2.05, 4.69) is 382 Å². The minimum absolute atomic E-state index is 1.16. The first kappa shape index (κ1) is 58.2. The predicted octanol–water partition coefficient (Wildman–Crippen LogP) is 27.2. The lowest BCUT2D eigenvalue weighted by Gasteiger charge is -2.14. The van der Waals surface area contributed by atoms with E-state index in [1.165, 1.54) is 189 Å². The highest BCUT2D eigenvalue weighted by Crippen LogP contribution is 2.45. The van der Waals surface area contributed by atoms with Crippen LogP contribution in [0.1, 0.15) is 0 Å². The summed E-state index contributed by atoms with van der Waals surface area (Å²) in [6.45, 7) is 0. The lowest BCUT2D eigenvalue weighted by molar-refractivity contribution is 1.18. The Kier molecular flexibility index (Phi) is 13.3. The largest absolute Gasteiger partial charge is 0.309 e. The molecule has 0 aliphatic rings. The molecule has 102 heavy (non-hydrogen) atoms. The molecule has 6 heterocycles. The molecule has 0 spiro atoms. The summed E-state index contributed by atoms with van der Waals surface area (Å²) in [6.07, 6.45) is 0. The van der Waals surface area contributed by atoms with Crippen LogP contribution in [0.3, 0.4) is 0 Å². The zero-order valence-corrected chi connectivity index (χ0v) is 56.9. The highest BCUT2D eigenvalue weighted by atomic mass is 32.1. The minimum Gasteiger partial charge on any atom is -0.309 e. The van der Waals surface area contributed by atoms with Crippen LogP contribution in [0.5, 0.6) is 0 Å². The number of aromatic nitrogens is 4. The smallest absolute Gasteiger partial charge is 0.0541 e. The molecule has 476 valence electrons. The van der Waals surface area contributed by atoms with Gasteiger partial charge in [-0.3, -0.25) is 0 Å². The summed E-state index contributed by atoms with van der Waals surface area (Å²) >= 11 is 3.74. The number of hydrogen-bond acceptors (Lipinski definition) is 2. The van der Waals surface area contributed by atoms with Gasteiger partial charge in [0.25, 0.3) is 0 Å². The van der Waals surface area contributed by atoms with E-state index in [1.807, 2.05) is 22.7 Å². The van der Waals surface area contributed by atoms with Crippen molar-refractivity contribution < 1.29 is 0 Å². The van der Waals surface area contributed by atoms with Gasteiger partial charge < -0.3 is 18.3 Å². The molecule has 0 radical (unpaired) electrons. The van der Waals surface area contributed by atoms with Crippen molar-refractivity contribution in [2.24, 2.45) is 0 Å². The number of nitrogens with zero attached hydrogens (tertiary/aromatic N) is 4. The van der Waals surface area contributed by atoms with Crippen LogP contribution in [-0.2, 0) is 0 Å². The van der Waals surface area contributed by atoms with E-state index in [-0.39, 0.29) is 0 Å². The van der Waals surface area contributed by atoms with E-state index in [1.54, 1.807) is 0 Å². The van der Waals surface area contributed by atoms with Crippen molar-refractivity contribution in [2.75, 3.05) is 0 Å². The lowest BCUT2D eigenvalue weighted by atomic mass is 10.0. The van der Waals surface area contributed by atoms with Gasteiger partial charge in [-0.2, -0.15) is 0 Å². The molecule has 16 aromatic carbocycles. The molecule has 0 amide bonds. The van der Waals surface area contributed by atoms with E-state index < -0.39 is 0 Å². The molecule has 0 unspecified atom stereocenters. The van der Waals surface area contributed by atoms with Crippen molar-refractivity contribution in [1.82, 2.24) is 18.3 Å². The molecule has 0 aliphatic carbocycles. The Balaban J connectivity index is 0.000000133. The fraction of sp³-hybridized carbons (Fsp3) is 0. The molecule has 0 bridgehead atoms. The van der Waals surface area contributed by atoms with Crippen LogP contribution in [0.2, 0.25) is 0 Å². The van der Waals surface area contributed by atoms with Gasteiger partial charge in [0.05, 0.1) is 49.8 Å². The summed E-state index contributed by atoms with van der Waals surface area (Å²) in [7, 11) is 0. The van der Waals surface area contributed by atoms with Gasteiger partial charge >= 0.3 is 0 Å². The third-order valence-electron chi connectivity index (χ3n) is 21.1. The average Bonchev–Trinajstić information content (AvgIpc) is 1.60. The van der Waals surface area contributed by atoms with Crippen molar-refractivity contribution in [3.8, 4) is 67.3 Å². The number of thiophene rings is 2. The maximum absolute atomic E-state index is 2.43. The Labute approximate surface area is 595 Å². The molecule has 0 aliphatic heterocycles. The van der Waals surface area contributed by atoms with Crippen molar-refractivity contribution in [3.05, 3.63) is 364 Å². The van der Waals surface area contributed by atoms with Crippen LogP contribution in [0.15, 0.2) is 364 Å². The summed E-state index contributed by atoms with van der Waals surface area (Å²) in [4.78, 5) is 0. The summed E-state index contributed by atoms with van der Waals surface area (Å²) in [5.41, 5.74) is 24.2. The van der Waals surface area contributed by atoms with Crippen LogP contribution < -0.4 is 0 Å². The van der Waals surface area contributed by atoms with Crippen LogP contribution in [0.25, 0.3) is 195 Å². The highest BCUT2D eigenvalue weighted by molar-refractivity contribution is 7.26. The van der Waals surface area contributed by atoms with Gasteiger partial charge in [0.1, 0.15) is 0 Å². The molecule has 4 nitrogen and oxygen atoms in total. The van der Waals surface area contributed by atoms with Gasteiger partial charge in [-0.05, 0) is 166 Å². The second-order valence-corrected chi connectivity index (χ2v) is 28.9. The number of rotatable bonds is 8. The Bertz CT molecular complexity index is 7120. The quantitative estimate of drug-likeness (QED) is 0.144. The Morgan fingerprint density at radius 3 is 0.892 bits per heavy atom. The third kappa shape index (κ3) is 9.27. The molecule has 0 saturated carbocycles. The Hall–Kier alpha value is -12.8. The van der Waals surface area contributed by atoms with Gasteiger partial charge in [-0.15, -0.1) is 22.7 Å². The third-order valence-corrected chi connectivity index (χ3v) is 23.3. The van der Waals surface area contributed by atoms with Crippen LogP contribution in [0.4, 0.5) is 0 Å². The SMILES string of the molecule is c1ccc(-c2ccc(-n3c4ccccc4c4cc(-c5ccc6c(c5)c5ccccc5n6-c5ccc6c(c5)sc5ccccc56)ccc43)cc2)cc1.c1ccc(-c2ccccc2-n2c3ccccc3c3cc(-c4ccc5c(c4)c4ccccc4n5-c4ccc5c(c4)sc4ccccc45)ccc32)cc1. The molecule has 0 N–H and O–H groups in total. The number of para-hydroxylation sites is 5. The summed E-state index contributed by atoms with van der Waals surface area (Å²) in [5, 5.41) is 15.4. The lowest BCUT2D eigenvalue weighted by Crippen LogP contribution is -1.97. The van der Waals surface area contributed by atoms with Gasteiger partial charge in [0.2, 0.25) is 0 Å². The van der Waals surface area contributed by atoms with Crippen LogP contribution in [0, 0.1) is 0 Å². The second-order valence-electron chi connectivity index (χ2n) is 26.7. The van der Waals surface area contributed by atoms with Crippen molar-refractivity contribution in [2.45, 2.75) is 0 Å². The topological polar surface area (TPSA) is 19.7 Å². The number of fused-ring (bicyclic) bond motifs is 18. The number of hydrogen-bond donors (Lipinski definition) is 0. The van der Waals surface area contributed by atoms with Crippen LogP contribution >= 0.6 is 22.7 Å². The fourth-order valence-electron chi connectivity index (χ4n) is 16.4. The monoisotopic (exact) mass is 1330 g/mol. The first-order chi connectivity index (χ1) is 50.6. The van der Waals surface area contributed by atoms with Gasteiger partial charge in [0, 0.05) is 106 Å². The van der Waals surface area contributed by atoms with Gasteiger partial charge in [-0.1, -0.05) is 237 Å². The minimum atomic E-state index is 1.16. The van der Waals surface area contributed by atoms with Crippen molar-refractivity contribution in [3.63, 3.8) is 0 Å². The van der Waals surface area contributed by atoms with Crippen molar-refractivity contribution >= 4 is 150 Å². The Morgan fingerprint density at radius 1 is 0.157 bits per heavy atom. The molecule has 0 fully saturated rings. The summed E-state index contributed by atoms with van der Waals surface area (Å²) < 4.78 is 15.0. The molecule has 6 aromatic heterocycles. The van der Waals surface area contributed by atoms with Gasteiger partial charge in [-0.25, -0.2) is 0 Å². The molecule has 6 heteroatoms. The normalized spacial score (nSPS) is 11.9.